The van der Waals surface area contributed by atoms with Gasteiger partial charge < -0.3 is 16.0 Å². The van der Waals surface area contributed by atoms with Gasteiger partial charge in [0, 0.05) is 17.0 Å². The monoisotopic (exact) mass is 387 g/mol. The molecule has 3 rings (SSSR count). The Hall–Kier alpha value is -2.65. The average Bonchev–Trinajstić information content (AvgIpc) is 3.08. The highest BCUT2D eigenvalue weighted by molar-refractivity contribution is 8.00. The predicted molar refractivity (Wildman–Crippen MR) is 105 cm³/mol. The number of nitrogens with one attached hydrogen (secondary N) is 2. The molecule has 134 valence electrons. The van der Waals surface area contributed by atoms with Crippen molar-refractivity contribution in [2.45, 2.75) is 23.8 Å². The number of nitrogens with zero attached hydrogens (tertiary/aromatic N) is 2. The Kier molecular flexibility index (Phi) is 5.69. The topological polar surface area (TPSA) is 114 Å². The van der Waals surface area contributed by atoms with Gasteiger partial charge in [0.2, 0.25) is 5.91 Å². The van der Waals surface area contributed by atoms with Crippen molar-refractivity contribution in [2.75, 3.05) is 11.1 Å². The third kappa shape index (κ3) is 4.50. The van der Waals surface area contributed by atoms with Crippen molar-refractivity contribution < 1.29 is 4.79 Å². The van der Waals surface area contributed by atoms with E-state index in [0.29, 0.717) is 16.7 Å². The van der Waals surface area contributed by atoms with Gasteiger partial charge in [0.05, 0.1) is 10.9 Å². The number of thiazole rings is 1. The highest BCUT2D eigenvalue weighted by Crippen LogP contribution is 2.27. The molecule has 4 N–H and O–H groups in total. The molecule has 1 amide bonds. The second-order valence-corrected chi connectivity index (χ2v) is 7.43. The summed E-state index contributed by atoms with van der Waals surface area (Å²) in [5.41, 5.74) is 7.04. The molecule has 0 bridgehead atoms. The largest absolute Gasteiger partial charge is 0.383 e. The molecule has 3 aromatic rings. The third-order valence-corrected chi connectivity index (χ3v) is 5.47. The first-order valence-corrected chi connectivity index (χ1v) is 9.66. The van der Waals surface area contributed by atoms with E-state index in [4.69, 9.17) is 5.73 Å². The van der Waals surface area contributed by atoms with Gasteiger partial charge in [-0.25, -0.2) is 9.97 Å². The fourth-order valence-corrected chi connectivity index (χ4v) is 3.87. The van der Waals surface area contributed by atoms with E-state index < -0.39 is 5.25 Å². The first-order valence-electron chi connectivity index (χ1n) is 7.90. The van der Waals surface area contributed by atoms with Crippen LogP contribution in [-0.2, 0) is 4.79 Å². The minimum absolute atomic E-state index is 0.124. The maximum Gasteiger partial charge on any atom is 0.253 e. The Morgan fingerprint density at radius 2 is 2.12 bits per heavy atom. The summed E-state index contributed by atoms with van der Waals surface area (Å²) in [7, 11) is 0. The molecule has 1 aromatic carbocycles. The molecule has 2 heterocycles. The van der Waals surface area contributed by atoms with Crippen molar-refractivity contribution in [3.8, 4) is 11.3 Å². The summed E-state index contributed by atoms with van der Waals surface area (Å²) in [6.45, 7) is 1.89. The van der Waals surface area contributed by atoms with Crippen molar-refractivity contribution >= 4 is 40.0 Å². The molecule has 0 aliphatic heterocycles. The molecule has 2 aromatic heterocycles. The number of nitrogen functional groups attached to an aromatic ring is 1. The molecule has 0 saturated heterocycles. The van der Waals surface area contributed by atoms with E-state index in [1.807, 2.05) is 42.6 Å². The second-order valence-electron chi connectivity index (χ2n) is 5.38. The fraction of sp³-hybridized carbons (Fsp3) is 0.176. The van der Waals surface area contributed by atoms with E-state index in [0.717, 1.165) is 11.3 Å². The summed E-state index contributed by atoms with van der Waals surface area (Å²) < 4.78 is 0. The van der Waals surface area contributed by atoms with Crippen LogP contribution in [0, 0.1) is 0 Å². The van der Waals surface area contributed by atoms with E-state index in [2.05, 4.69) is 20.3 Å². The van der Waals surface area contributed by atoms with E-state index >= 15 is 0 Å². The van der Waals surface area contributed by atoms with E-state index in [-0.39, 0.29) is 17.3 Å². The number of thioether (sulfide) groups is 1. The molecule has 1 unspecified atom stereocenters. The minimum atomic E-state index is -0.427. The first-order chi connectivity index (χ1) is 12.5. The van der Waals surface area contributed by atoms with Crippen molar-refractivity contribution in [3.63, 3.8) is 0 Å². The van der Waals surface area contributed by atoms with Gasteiger partial charge >= 0.3 is 0 Å². The third-order valence-electron chi connectivity index (χ3n) is 3.46. The molecule has 26 heavy (non-hydrogen) atoms. The first kappa shape index (κ1) is 18.2. The van der Waals surface area contributed by atoms with Crippen LogP contribution in [0.2, 0.25) is 0 Å². The van der Waals surface area contributed by atoms with Gasteiger partial charge in [-0.2, -0.15) is 0 Å². The number of hydrogen-bond acceptors (Lipinski definition) is 7. The predicted octanol–water partition coefficient (Wildman–Crippen LogP) is 2.99. The zero-order valence-corrected chi connectivity index (χ0v) is 15.6. The lowest BCUT2D eigenvalue weighted by Crippen LogP contribution is -2.25. The Labute approximate surface area is 158 Å². The standard InChI is InChI=1S/C17H17N5O2S2/c1-2-12(26-17-20-13(18)8-14(23)21-17)15(24)22-16-19-11(9-25-16)10-6-4-3-5-7-10/h3-9,12H,2H2,1H3,(H,19,22,24)(H3,18,20,21,23). The molecular weight excluding hydrogens is 370 g/mol. The highest BCUT2D eigenvalue weighted by atomic mass is 32.2. The van der Waals surface area contributed by atoms with Crippen LogP contribution in [0.1, 0.15) is 13.3 Å². The molecule has 0 radical (unpaired) electrons. The van der Waals surface area contributed by atoms with Crippen molar-refractivity contribution in [3.05, 3.63) is 52.1 Å². The number of aromatic nitrogens is 3. The van der Waals surface area contributed by atoms with E-state index in [1.165, 1.54) is 29.2 Å². The van der Waals surface area contributed by atoms with Crippen LogP contribution in [0.4, 0.5) is 10.9 Å². The maximum absolute atomic E-state index is 12.5. The number of nitrogens with two attached hydrogens (primary N) is 1. The van der Waals surface area contributed by atoms with Gasteiger partial charge in [0.25, 0.3) is 5.56 Å². The van der Waals surface area contributed by atoms with E-state index in [9.17, 15) is 9.59 Å². The van der Waals surface area contributed by atoms with Crippen molar-refractivity contribution in [2.24, 2.45) is 0 Å². The molecule has 1 atom stereocenters. The van der Waals surface area contributed by atoms with Crippen LogP contribution in [0.3, 0.4) is 0 Å². The van der Waals surface area contributed by atoms with Crippen LogP contribution in [0.5, 0.6) is 0 Å². The summed E-state index contributed by atoms with van der Waals surface area (Å²) in [4.78, 5) is 35.1. The molecule has 9 heteroatoms. The zero-order chi connectivity index (χ0) is 18.5. The normalized spacial score (nSPS) is 11.9. The SMILES string of the molecule is CCC(Sc1nc(N)cc(=O)[nH]1)C(=O)Nc1nc(-c2ccccc2)cs1. The minimum Gasteiger partial charge on any atom is -0.383 e. The Balaban J connectivity index is 1.69. The number of amides is 1. The Bertz CT molecular complexity index is 955. The lowest BCUT2D eigenvalue weighted by molar-refractivity contribution is -0.115. The number of benzene rings is 1. The number of hydrogen-bond donors (Lipinski definition) is 3. The maximum atomic E-state index is 12.5. The quantitative estimate of drug-likeness (QED) is 0.443. The summed E-state index contributed by atoms with van der Waals surface area (Å²) in [5, 5.41) is 5.15. The second kappa shape index (κ2) is 8.15. The molecule has 0 fully saturated rings. The van der Waals surface area contributed by atoms with Gasteiger partial charge in [-0.15, -0.1) is 11.3 Å². The lowest BCUT2D eigenvalue weighted by Gasteiger charge is -2.12. The van der Waals surface area contributed by atoms with Gasteiger partial charge in [-0.05, 0) is 6.42 Å². The molecule has 0 aliphatic carbocycles. The molecule has 0 spiro atoms. The number of anilines is 2. The fourth-order valence-electron chi connectivity index (χ4n) is 2.22. The molecule has 0 saturated carbocycles. The molecule has 0 aliphatic rings. The Morgan fingerprint density at radius 1 is 1.35 bits per heavy atom. The van der Waals surface area contributed by atoms with Crippen LogP contribution < -0.4 is 16.6 Å². The van der Waals surface area contributed by atoms with E-state index in [1.54, 1.807) is 0 Å². The molecule has 7 nitrogen and oxygen atoms in total. The number of carbonyl (C=O) groups excluding carboxylic acids is 1. The summed E-state index contributed by atoms with van der Waals surface area (Å²) >= 11 is 2.53. The van der Waals surface area contributed by atoms with Gasteiger partial charge in [0.1, 0.15) is 5.82 Å². The summed E-state index contributed by atoms with van der Waals surface area (Å²) in [5.74, 6) is -0.0736. The van der Waals surface area contributed by atoms with Crippen molar-refractivity contribution in [1.29, 1.82) is 0 Å². The zero-order valence-electron chi connectivity index (χ0n) is 13.9. The highest BCUT2D eigenvalue weighted by Gasteiger charge is 2.20. The van der Waals surface area contributed by atoms with Crippen LogP contribution >= 0.6 is 23.1 Å². The van der Waals surface area contributed by atoms with Gasteiger partial charge in [-0.3, -0.25) is 9.59 Å². The smallest absolute Gasteiger partial charge is 0.253 e. The van der Waals surface area contributed by atoms with Gasteiger partial charge in [-0.1, -0.05) is 49.0 Å². The summed E-state index contributed by atoms with van der Waals surface area (Å²) in [6.07, 6.45) is 0.561. The van der Waals surface area contributed by atoms with Gasteiger partial charge in [0.15, 0.2) is 10.3 Å². The molecular formula is C17H17N5O2S2. The van der Waals surface area contributed by atoms with Crippen LogP contribution in [-0.4, -0.2) is 26.1 Å². The van der Waals surface area contributed by atoms with Crippen molar-refractivity contribution in [1.82, 2.24) is 15.0 Å². The van der Waals surface area contributed by atoms with Crippen LogP contribution in [0.25, 0.3) is 11.3 Å². The Morgan fingerprint density at radius 3 is 2.81 bits per heavy atom. The number of carbonyl (C=O) groups is 1. The number of rotatable bonds is 6. The lowest BCUT2D eigenvalue weighted by atomic mass is 10.2. The van der Waals surface area contributed by atoms with Crippen LogP contribution in [0.15, 0.2) is 51.7 Å². The number of H-pyrrole nitrogens is 1. The average molecular weight is 387 g/mol. The number of aromatic amines is 1. The summed E-state index contributed by atoms with van der Waals surface area (Å²) in [6, 6.07) is 11.0.